The Balaban J connectivity index is 1.92. The Bertz CT molecular complexity index is 998. The lowest BCUT2D eigenvalue weighted by Gasteiger charge is -2.05. The first-order valence-electron chi connectivity index (χ1n) is 8.16. The van der Waals surface area contributed by atoms with Gasteiger partial charge >= 0.3 is 5.97 Å². The molecule has 1 saturated carbocycles. The Hall–Kier alpha value is -2.41. The molecule has 25 heavy (non-hydrogen) atoms. The summed E-state index contributed by atoms with van der Waals surface area (Å²) >= 11 is 0. The van der Waals surface area contributed by atoms with E-state index in [4.69, 9.17) is 5.11 Å². The zero-order valence-electron chi connectivity index (χ0n) is 13.6. The maximum atomic E-state index is 12.5. The molecule has 6 nitrogen and oxygen atoms in total. The standard InChI is InChI=1S/C18H19NO5S/c20-17-14-10-13(7-8-16(14)19-11-15(17)18(21)22)25(23,24)9-3-6-12-4-1-2-5-12/h3,6-8,10-12H,1-2,4-5,9H2,(H,19,20)(H,21,22). The molecule has 2 aromatic rings. The highest BCUT2D eigenvalue weighted by molar-refractivity contribution is 7.91. The topological polar surface area (TPSA) is 104 Å². The third-order valence-electron chi connectivity index (χ3n) is 4.57. The van der Waals surface area contributed by atoms with Crippen molar-refractivity contribution in [3.05, 3.63) is 52.3 Å². The van der Waals surface area contributed by atoms with E-state index in [1.165, 1.54) is 31.0 Å². The molecule has 0 amide bonds. The number of rotatable bonds is 5. The monoisotopic (exact) mass is 361 g/mol. The first-order chi connectivity index (χ1) is 11.9. The van der Waals surface area contributed by atoms with Gasteiger partial charge in [0.25, 0.3) is 0 Å². The van der Waals surface area contributed by atoms with Gasteiger partial charge in [0.15, 0.2) is 9.84 Å². The van der Waals surface area contributed by atoms with Crippen LogP contribution in [0.15, 0.2) is 46.2 Å². The smallest absolute Gasteiger partial charge is 0.341 e. The van der Waals surface area contributed by atoms with Crippen molar-refractivity contribution in [3.63, 3.8) is 0 Å². The molecule has 0 bridgehead atoms. The lowest BCUT2D eigenvalue weighted by Crippen LogP contribution is -2.16. The molecule has 0 unspecified atom stereocenters. The number of allylic oxidation sites excluding steroid dienone is 1. The van der Waals surface area contributed by atoms with E-state index in [1.54, 1.807) is 6.08 Å². The first-order valence-corrected chi connectivity index (χ1v) is 9.82. The number of aromatic amines is 1. The third-order valence-corrected chi connectivity index (χ3v) is 6.17. The molecule has 0 spiro atoms. The van der Waals surface area contributed by atoms with E-state index < -0.39 is 26.8 Å². The molecule has 1 fully saturated rings. The highest BCUT2D eigenvalue weighted by atomic mass is 32.2. The Morgan fingerprint density at radius 2 is 2.00 bits per heavy atom. The van der Waals surface area contributed by atoms with Crippen LogP contribution >= 0.6 is 0 Å². The number of pyridine rings is 1. The number of carboxylic acid groups (broad SMARTS) is 1. The van der Waals surface area contributed by atoms with Crippen LogP contribution in [0.4, 0.5) is 0 Å². The maximum Gasteiger partial charge on any atom is 0.341 e. The van der Waals surface area contributed by atoms with Gasteiger partial charge in [-0.2, -0.15) is 0 Å². The van der Waals surface area contributed by atoms with E-state index in [1.807, 2.05) is 6.08 Å². The van der Waals surface area contributed by atoms with E-state index >= 15 is 0 Å². The minimum absolute atomic E-state index is 0.0177. The molecule has 3 rings (SSSR count). The van der Waals surface area contributed by atoms with Crippen LogP contribution in [0, 0.1) is 5.92 Å². The van der Waals surface area contributed by atoms with Crippen molar-refractivity contribution >= 4 is 26.7 Å². The number of nitrogens with one attached hydrogen (secondary N) is 1. The molecular weight excluding hydrogens is 342 g/mol. The average Bonchev–Trinajstić information content (AvgIpc) is 3.08. The van der Waals surface area contributed by atoms with Gasteiger partial charge in [-0.3, -0.25) is 4.79 Å². The van der Waals surface area contributed by atoms with Gasteiger partial charge in [0, 0.05) is 17.1 Å². The van der Waals surface area contributed by atoms with Crippen LogP contribution in [0.1, 0.15) is 36.0 Å². The highest BCUT2D eigenvalue weighted by Gasteiger charge is 2.17. The summed E-state index contributed by atoms with van der Waals surface area (Å²) in [5.41, 5.74) is -0.710. The quantitative estimate of drug-likeness (QED) is 0.797. The number of fused-ring (bicyclic) bond motifs is 1. The highest BCUT2D eigenvalue weighted by Crippen LogP contribution is 2.26. The number of aromatic nitrogens is 1. The number of carbonyl (C=O) groups is 1. The Labute approximate surface area is 145 Å². The van der Waals surface area contributed by atoms with Gasteiger partial charge < -0.3 is 10.1 Å². The maximum absolute atomic E-state index is 12.5. The van der Waals surface area contributed by atoms with Gasteiger partial charge in [0.05, 0.1) is 10.6 Å². The predicted molar refractivity (Wildman–Crippen MR) is 94.7 cm³/mol. The lowest BCUT2D eigenvalue weighted by molar-refractivity contribution is 0.0695. The minimum Gasteiger partial charge on any atom is -0.477 e. The number of hydrogen-bond acceptors (Lipinski definition) is 4. The molecule has 1 aliphatic rings. The third kappa shape index (κ3) is 3.66. The van der Waals surface area contributed by atoms with Crippen molar-refractivity contribution in [2.24, 2.45) is 5.92 Å². The van der Waals surface area contributed by atoms with Crippen molar-refractivity contribution in [2.45, 2.75) is 30.6 Å². The predicted octanol–water partition coefficient (Wildman–Crippen LogP) is 2.75. The van der Waals surface area contributed by atoms with E-state index in [0.717, 1.165) is 19.0 Å². The summed E-state index contributed by atoms with van der Waals surface area (Å²) in [5, 5.41) is 9.08. The molecule has 1 aromatic heterocycles. The zero-order valence-corrected chi connectivity index (χ0v) is 14.4. The number of benzene rings is 1. The fourth-order valence-corrected chi connectivity index (χ4v) is 4.30. The second kappa shape index (κ2) is 6.84. The number of hydrogen-bond donors (Lipinski definition) is 2. The van der Waals surface area contributed by atoms with Gasteiger partial charge in [0.2, 0.25) is 5.43 Å². The van der Waals surface area contributed by atoms with Gasteiger partial charge in [-0.25, -0.2) is 13.2 Å². The molecule has 0 saturated heterocycles. The van der Waals surface area contributed by atoms with E-state index in [9.17, 15) is 18.0 Å². The molecule has 132 valence electrons. The van der Waals surface area contributed by atoms with E-state index in [-0.39, 0.29) is 16.0 Å². The second-order valence-electron chi connectivity index (χ2n) is 6.30. The SMILES string of the molecule is O=C(O)c1c[nH]c2ccc(S(=O)(=O)CC=CC3CCCC3)cc2c1=O. The summed E-state index contributed by atoms with van der Waals surface area (Å²) in [6.45, 7) is 0. The molecule has 0 radical (unpaired) electrons. The largest absolute Gasteiger partial charge is 0.477 e. The average molecular weight is 361 g/mol. The molecule has 1 heterocycles. The zero-order chi connectivity index (χ0) is 18.0. The van der Waals surface area contributed by atoms with Crippen molar-refractivity contribution in [1.82, 2.24) is 4.98 Å². The summed E-state index contributed by atoms with van der Waals surface area (Å²) < 4.78 is 25.0. The fraction of sp³-hybridized carbons (Fsp3) is 0.333. The summed E-state index contributed by atoms with van der Waals surface area (Å²) in [5.74, 6) is -1.03. The number of carboxylic acids is 1. The molecule has 1 aliphatic carbocycles. The van der Waals surface area contributed by atoms with Crippen LogP contribution in [0.3, 0.4) is 0 Å². The summed E-state index contributed by atoms with van der Waals surface area (Å²) in [6, 6.07) is 4.16. The Kier molecular flexibility index (Phi) is 4.76. The van der Waals surface area contributed by atoms with Crippen LogP contribution in [-0.2, 0) is 9.84 Å². The Morgan fingerprint density at radius 1 is 1.28 bits per heavy atom. The molecule has 2 N–H and O–H groups in total. The molecule has 0 atom stereocenters. The normalized spacial score (nSPS) is 16.0. The Morgan fingerprint density at radius 3 is 2.68 bits per heavy atom. The van der Waals surface area contributed by atoms with Gasteiger partial charge in [-0.1, -0.05) is 25.0 Å². The molecule has 1 aromatic carbocycles. The van der Waals surface area contributed by atoms with Crippen LogP contribution in [-0.4, -0.2) is 30.2 Å². The van der Waals surface area contributed by atoms with Crippen LogP contribution in [0.2, 0.25) is 0 Å². The van der Waals surface area contributed by atoms with Crippen molar-refractivity contribution in [3.8, 4) is 0 Å². The molecule has 7 heteroatoms. The van der Waals surface area contributed by atoms with Gasteiger partial charge in [-0.15, -0.1) is 0 Å². The summed E-state index contributed by atoms with van der Waals surface area (Å²) in [7, 11) is -3.58. The summed E-state index contributed by atoms with van der Waals surface area (Å²) in [6.07, 6.45) is 9.31. The minimum atomic E-state index is -3.58. The van der Waals surface area contributed by atoms with Gasteiger partial charge in [0.1, 0.15) is 5.56 Å². The molecule has 0 aliphatic heterocycles. The van der Waals surface area contributed by atoms with Crippen LogP contribution < -0.4 is 5.43 Å². The van der Waals surface area contributed by atoms with Crippen molar-refractivity contribution in [1.29, 1.82) is 0 Å². The lowest BCUT2D eigenvalue weighted by atomic mass is 10.1. The first kappa shape index (κ1) is 17.4. The second-order valence-corrected chi connectivity index (χ2v) is 8.33. The van der Waals surface area contributed by atoms with Crippen molar-refractivity contribution in [2.75, 3.05) is 5.75 Å². The van der Waals surface area contributed by atoms with E-state index in [0.29, 0.717) is 11.4 Å². The summed E-state index contributed by atoms with van der Waals surface area (Å²) in [4.78, 5) is 26.0. The van der Waals surface area contributed by atoms with Crippen LogP contribution in [0.5, 0.6) is 0 Å². The number of aromatic carboxylic acids is 1. The van der Waals surface area contributed by atoms with Crippen LogP contribution in [0.25, 0.3) is 10.9 Å². The molecular formula is C18H19NO5S. The number of sulfone groups is 1. The van der Waals surface area contributed by atoms with E-state index in [2.05, 4.69) is 4.98 Å². The van der Waals surface area contributed by atoms with Gasteiger partial charge in [-0.05, 0) is 37.0 Å². The van der Waals surface area contributed by atoms with Crippen molar-refractivity contribution < 1.29 is 18.3 Å². The fourth-order valence-electron chi connectivity index (χ4n) is 3.17. The number of H-pyrrole nitrogens is 1.